The summed E-state index contributed by atoms with van der Waals surface area (Å²) in [6, 6.07) is 8.54. The van der Waals surface area contributed by atoms with E-state index in [0.29, 0.717) is 13.0 Å². The average molecular weight is 275 g/mol. The Kier molecular flexibility index (Phi) is 5.27. The molecule has 1 amide bonds. The Morgan fingerprint density at radius 2 is 1.80 bits per heavy atom. The molecule has 0 bridgehead atoms. The summed E-state index contributed by atoms with van der Waals surface area (Å²) in [5.74, 6) is 0.155. The third-order valence-electron chi connectivity index (χ3n) is 3.76. The zero-order valence-corrected chi connectivity index (χ0v) is 12.6. The molecule has 0 aromatic heterocycles. The molecule has 0 saturated carbocycles. The van der Waals surface area contributed by atoms with Crippen molar-refractivity contribution in [3.63, 3.8) is 0 Å². The number of carbonyl (C=O) groups excluding carboxylic acids is 1. The molecule has 20 heavy (non-hydrogen) atoms. The van der Waals surface area contributed by atoms with Gasteiger partial charge in [-0.15, -0.1) is 0 Å². The van der Waals surface area contributed by atoms with Gasteiger partial charge in [-0.1, -0.05) is 0 Å². The third-order valence-corrected chi connectivity index (χ3v) is 3.76. The predicted molar refractivity (Wildman–Crippen MR) is 84.3 cm³/mol. The highest BCUT2D eigenvalue weighted by atomic mass is 16.2. The number of hydrogen-bond donors (Lipinski definition) is 1. The first-order chi connectivity index (χ1) is 9.66. The summed E-state index contributed by atoms with van der Waals surface area (Å²) >= 11 is 0. The molecule has 1 saturated heterocycles. The molecular weight excluding hydrogens is 250 g/mol. The first kappa shape index (κ1) is 14.7. The minimum Gasteiger partial charge on any atom is -0.385 e. The molecule has 1 heterocycles. The van der Waals surface area contributed by atoms with Crippen LogP contribution in [0.3, 0.4) is 0 Å². The van der Waals surface area contributed by atoms with Gasteiger partial charge in [0.25, 0.3) is 0 Å². The lowest BCUT2D eigenvalue weighted by Gasteiger charge is -2.28. The van der Waals surface area contributed by atoms with Crippen LogP contribution >= 0.6 is 0 Å². The topological polar surface area (TPSA) is 35.6 Å². The molecule has 1 aromatic rings. The fourth-order valence-electron chi connectivity index (χ4n) is 2.48. The number of benzene rings is 1. The standard InChI is InChI=1S/C16H25N3O/c1-18(2)16(20)10-11-17-14-6-8-15(9-7-14)19-12-4-3-5-13-19/h6-9,17H,3-5,10-13H2,1-2H3. The Morgan fingerprint density at radius 1 is 1.15 bits per heavy atom. The number of nitrogens with zero attached hydrogens (tertiary/aromatic N) is 2. The van der Waals surface area contributed by atoms with Crippen molar-refractivity contribution in [1.82, 2.24) is 4.90 Å². The SMILES string of the molecule is CN(C)C(=O)CCNc1ccc(N2CCCCC2)cc1. The summed E-state index contributed by atoms with van der Waals surface area (Å²) < 4.78 is 0. The summed E-state index contributed by atoms with van der Waals surface area (Å²) in [5, 5.41) is 3.29. The van der Waals surface area contributed by atoms with Gasteiger partial charge in [-0.25, -0.2) is 0 Å². The molecule has 110 valence electrons. The molecule has 1 N–H and O–H groups in total. The third kappa shape index (κ3) is 4.15. The molecular formula is C16H25N3O. The van der Waals surface area contributed by atoms with E-state index >= 15 is 0 Å². The molecule has 1 fully saturated rings. The molecule has 4 heteroatoms. The monoisotopic (exact) mass is 275 g/mol. The molecule has 4 nitrogen and oxygen atoms in total. The fraction of sp³-hybridized carbons (Fsp3) is 0.562. The second kappa shape index (κ2) is 7.17. The normalized spacial score (nSPS) is 15.0. The number of amides is 1. The number of rotatable bonds is 5. The molecule has 0 unspecified atom stereocenters. The first-order valence-electron chi connectivity index (χ1n) is 7.46. The van der Waals surface area contributed by atoms with Crippen molar-refractivity contribution in [2.75, 3.05) is 43.9 Å². The molecule has 0 aliphatic carbocycles. The van der Waals surface area contributed by atoms with Gasteiger partial charge in [0, 0.05) is 51.5 Å². The summed E-state index contributed by atoms with van der Waals surface area (Å²) in [6.07, 6.45) is 4.48. The van der Waals surface area contributed by atoms with Crippen LogP contribution in [0.15, 0.2) is 24.3 Å². The van der Waals surface area contributed by atoms with Gasteiger partial charge in [0.15, 0.2) is 0 Å². The second-order valence-corrected chi connectivity index (χ2v) is 5.56. The van der Waals surface area contributed by atoms with Crippen molar-refractivity contribution in [1.29, 1.82) is 0 Å². The molecule has 1 aliphatic heterocycles. The van der Waals surface area contributed by atoms with Crippen molar-refractivity contribution in [2.45, 2.75) is 25.7 Å². The van der Waals surface area contributed by atoms with Gasteiger partial charge in [-0.3, -0.25) is 4.79 Å². The summed E-state index contributed by atoms with van der Waals surface area (Å²) in [5.41, 5.74) is 2.39. The Hall–Kier alpha value is -1.71. The fourth-order valence-corrected chi connectivity index (χ4v) is 2.48. The number of piperidine rings is 1. The maximum Gasteiger partial charge on any atom is 0.223 e. The van der Waals surface area contributed by atoms with Gasteiger partial charge in [0.2, 0.25) is 5.91 Å². The van der Waals surface area contributed by atoms with E-state index in [1.165, 1.54) is 38.0 Å². The Bertz CT molecular complexity index is 422. The summed E-state index contributed by atoms with van der Waals surface area (Å²) in [7, 11) is 3.57. The molecule has 1 aromatic carbocycles. The highest BCUT2D eigenvalue weighted by Gasteiger charge is 2.10. The molecule has 0 radical (unpaired) electrons. The maximum atomic E-state index is 11.5. The molecule has 0 spiro atoms. The lowest BCUT2D eigenvalue weighted by Crippen LogP contribution is -2.29. The Labute approximate surface area is 121 Å². The van der Waals surface area contributed by atoms with Crippen LogP contribution in [0.4, 0.5) is 11.4 Å². The average Bonchev–Trinajstić information content (AvgIpc) is 2.48. The maximum absolute atomic E-state index is 11.5. The number of carbonyl (C=O) groups is 1. The van der Waals surface area contributed by atoms with E-state index in [2.05, 4.69) is 34.5 Å². The van der Waals surface area contributed by atoms with Crippen molar-refractivity contribution in [3.8, 4) is 0 Å². The van der Waals surface area contributed by atoms with Crippen LogP contribution in [-0.2, 0) is 4.79 Å². The van der Waals surface area contributed by atoms with Crippen LogP contribution in [0, 0.1) is 0 Å². The van der Waals surface area contributed by atoms with E-state index in [1.807, 2.05) is 0 Å². The minimum absolute atomic E-state index is 0.155. The summed E-state index contributed by atoms with van der Waals surface area (Å²) in [4.78, 5) is 15.5. The first-order valence-corrected chi connectivity index (χ1v) is 7.46. The number of anilines is 2. The van der Waals surface area contributed by atoms with Crippen molar-refractivity contribution in [3.05, 3.63) is 24.3 Å². The molecule has 0 atom stereocenters. The minimum atomic E-state index is 0.155. The largest absolute Gasteiger partial charge is 0.385 e. The van der Waals surface area contributed by atoms with Gasteiger partial charge in [0.1, 0.15) is 0 Å². The van der Waals surface area contributed by atoms with Crippen LogP contribution in [0.2, 0.25) is 0 Å². The zero-order chi connectivity index (χ0) is 14.4. The summed E-state index contributed by atoms with van der Waals surface area (Å²) in [6.45, 7) is 3.02. The van der Waals surface area contributed by atoms with Crippen LogP contribution in [0.25, 0.3) is 0 Å². The highest BCUT2D eigenvalue weighted by Crippen LogP contribution is 2.21. The van der Waals surface area contributed by atoms with E-state index in [0.717, 1.165) is 5.69 Å². The van der Waals surface area contributed by atoms with Gasteiger partial charge >= 0.3 is 0 Å². The van der Waals surface area contributed by atoms with E-state index in [-0.39, 0.29) is 5.91 Å². The predicted octanol–water partition coefficient (Wildman–Crippen LogP) is 2.57. The van der Waals surface area contributed by atoms with Crippen molar-refractivity contribution in [2.24, 2.45) is 0 Å². The van der Waals surface area contributed by atoms with Gasteiger partial charge in [-0.2, -0.15) is 0 Å². The molecule has 1 aliphatic rings. The lowest BCUT2D eigenvalue weighted by molar-refractivity contribution is -0.128. The van der Waals surface area contributed by atoms with Crippen molar-refractivity contribution >= 4 is 17.3 Å². The van der Waals surface area contributed by atoms with Crippen molar-refractivity contribution < 1.29 is 4.79 Å². The number of hydrogen-bond acceptors (Lipinski definition) is 3. The van der Waals surface area contributed by atoms with Gasteiger partial charge < -0.3 is 15.1 Å². The van der Waals surface area contributed by atoms with Gasteiger partial charge in [-0.05, 0) is 43.5 Å². The number of nitrogens with one attached hydrogen (secondary N) is 1. The zero-order valence-electron chi connectivity index (χ0n) is 12.6. The molecule has 2 rings (SSSR count). The quantitative estimate of drug-likeness (QED) is 0.897. The second-order valence-electron chi connectivity index (χ2n) is 5.56. The smallest absolute Gasteiger partial charge is 0.223 e. The lowest BCUT2D eigenvalue weighted by atomic mass is 10.1. The van der Waals surface area contributed by atoms with E-state index in [9.17, 15) is 4.79 Å². The Morgan fingerprint density at radius 3 is 2.40 bits per heavy atom. The van der Waals surface area contributed by atoms with Crippen LogP contribution < -0.4 is 10.2 Å². The van der Waals surface area contributed by atoms with E-state index in [1.54, 1.807) is 19.0 Å². The van der Waals surface area contributed by atoms with E-state index < -0.39 is 0 Å². The van der Waals surface area contributed by atoms with Gasteiger partial charge in [0.05, 0.1) is 0 Å². The van der Waals surface area contributed by atoms with E-state index in [4.69, 9.17) is 0 Å². The Balaban J connectivity index is 1.80. The van der Waals surface area contributed by atoms with Crippen LogP contribution in [-0.4, -0.2) is 44.5 Å². The highest BCUT2D eigenvalue weighted by molar-refractivity contribution is 5.76. The van der Waals surface area contributed by atoms with Crippen LogP contribution in [0.5, 0.6) is 0 Å². The van der Waals surface area contributed by atoms with Crippen LogP contribution in [0.1, 0.15) is 25.7 Å².